The predicted octanol–water partition coefficient (Wildman–Crippen LogP) is 4.32. The molecule has 0 N–H and O–H groups in total. The Morgan fingerprint density at radius 2 is 2.00 bits per heavy atom. The molecule has 1 aromatic rings. The van der Waals surface area contributed by atoms with E-state index >= 15 is 0 Å². The molecule has 0 saturated heterocycles. The van der Waals surface area contributed by atoms with Crippen LogP contribution in [0.3, 0.4) is 0 Å². The molecular formula is C21H26INO4. The van der Waals surface area contributed by atoms with Crippen LogP contribution in [0.5, 0.6) is 0 Å². The lowest BCUT2D eigenvalue weighted by molar-refractivity contribution is -0.147. The Kier molecular flexibility index (Phi) is 8.04. The first-order chi connectivity index (χ1) is 12.9. The Labute approximate surface area is 174 Å². The minimum absolute atomic E-state index is 0.258. The predicted molar refractivity (Wildman–Crippen MR) is 113 cm³/mol. The van der Waals surface area contributed by atoms with Crippen molar-refractivity contribution in [1.82, 2.24) is 4.90 Å². The lowest BCUT2D eigenvalue weighted by atomic mass is 9.95. The maximum Gasteiger partial charge on any atom is 0.327 e. The fourth-order valence-electron chi connectivity index (χ4n) is 3.30. The van der Waals surface area contributed by atoms with E-state index in [0.717, 1.165) is 34.1 Å². The summed E-state index contributed by atoms with van der Waals surface area (Å²) in [5, 5.41) is 0. The summed E-state index contributed by atoms with van der Waals surface area (Å²) in [6.07, 6.45) is 2.74. The van der Waals surface area contributed by atoms with Crippen LogP contribution < -0.4 is 0 Å². The Morgan fingerprint density at radius 3 is 2.63 bits per heavy atom. The molecule has 6 heteroatoms. The van der Waals surface area contributed by atoms with Crippen molar-refractivity contribution >= 4 is 34.5 Å². The van der Waals surface area contributed by atoms with E-state index in [9.17, 15) is 9.59 Å². The van der Waals surface area contributed by atoms with Crippen molar-refractivity contribution < 1.29 is 19.1 Å². The van der Waals surface area contributed by atoms with E-state index in [4.69, 9.17) is 9.47 Å². The smallest absolute Gasteiger partial charge is 0.327 e. The highest BCUT2D eigenvalue weighted by Gasteiger charge is 2.32. The monoisotopic (exact) mass is 483 g/mol. The topological polar surface area (TPSA) is 55.8 Å². The van der Waals surface area contributed by atoms with Crippen molar-refractivity contribution in [3.05, 3.63) is 58.4 Å². The van der Waals surface area contributed by atoms with Crippen LogP contribution in [0.1, 0.15) is 44.4 Å². The average Bonchev–Trinajstić information content (AvgIpc) is 2.64. The van der Waals surface area contributed by atoms with Crippen molar-refractivity contribution in [2.24, 2.45) is 0 Å². The molecule has 27 heavy (non-hydrogen) atoms. The van der Waals surface area contributed by atoms with Gasteiger partial charge in [-0.25, -0.2) is 4.79 Å². The Morgan fingerprint density at radius 1 is 1.30 bits per heavy atom. The number of esters is 2. The molecule has 1 aliphatic heterocycles. The van der Waals surface area contributed by atoms with E-state index in [0.29, 0.717) is 12.3 Å². The van der Waals surface area contributed by atoms with Gasteiger partial charge in [-0.3, -0.25) is 9.69 Å². The molecule has 2 rings (SSSR count). The number of ether oxygens (including phenoxy) is 2. The van der Waals surface area contributed by atoms with E-state index in [-0.39, 0.29) is 11.9 Å². The zero-order chi connectivity index (χ0) is 20.0. The highest BCUT2D eigenvalue weighted by atomic mass is 127. The molecule has 0 bridgehead atoms. The first kappa shape index (κ1) is 21.6. The lowest BCUT2D eigenvalue weighted by Gasteiger charge is -2.35. The Balaban J connectivity index is 2.35. The summed E-state index contributed by atoms with van der Waals surface area (Å²) in [6.45, 7) is 6.60. The number of hydrogen-bond acceptors (Lipinski definition) is 5. The molecule has 0 fully saturated rings. The molecule has 146 valence electrons. The molecule has 1 aromatic carbocycles. The minimum Gasteiger partial charge on any atom is -0.468 e. The van der Waals surface area contributed by atoms with Crippen LogP contribution in [-0.2, 0) is 23.5 Å². The van der Waals surface area contributed by atoms with Gasteiger partial charge in [-0.1, -0.05) is 52.4 Å². The molecule has 1 heterocycles. The number of hydrogen-bond donors (Lipinski definition) is 0. The second-order valence-corrected chi connectivity index (χ2v) is 7.40. The fraction of sp³-hybridized carbons (Fsp3) is 0.429. The molecular weight excluding hydrogens is 457 g/mol. The van der Waals surface area contributed by atoms with Gasteiger partial charge >= 0.3 is 11.9 Å². The standard InChI is InChI=1S/C21H26INO4/c1-14-9-10-23(13-18(14)11-15(2)27-16(3)24)20(21(25)26-4)19-8-6-5-7-17(19)12-22/h5-8,11,20H,9-10,12-13H2,1-4H3/b15-11+/t20-/m0/s1. The van der Waals surface area contributed by atoms with Crippen molar-refractivity contribution in [3.63, 3.8) is 0 Å². The number of allylic oxidation sites excluding steroid dienone is 1. The molecule has 0 radical (unpaired) electrons. The molecule has 0 aliphatic carbocycles. The number of methoxy groups -OCH3 is 1. The maximum atomic E-state index is 12.7. The van der Waals surface area contributed by atoms with Crippen LogP contribution in [0.15, 0.2) is 47.2 Å². The summed E-state index contributed by atoms with van der Waals surface area (Å²) in [6, 6.07) is 7.54. The summed E-state index contributed by atoms with van der Waals surface area (Å²) in [4.78, 5) is 26.0. The number of carbonyl (C=O) groups excluding carboxylic acids is 2. The van der Waals surface area contributed by atoms with Gasteiger partial charge in [0.2, 0.25) is 0 Å². The third-order valence-corrected chi connectivity index (χ3v) is 5.48. The van der Waals surface area contributed by atoms with E-state index in [2.05, 4.69) is 40.5 Å². The van der Waals surface area contributed by atoms with Crippen LogP contribution in [0.25, 0.3) is 0 Å². The van der Waals surface area contributed by atoms with E-state index in [1.165, 1.54) is 19.6 Å². The second kappa shape index (κ2) is 10.0. The quantitative estimate of drug-likeness (QED) is 0.261. The van der Waals surface area contributed by atoms with Crippen LogP contribution in [0.2, 0.25) is 0 Å². The highest BCUT2D eigenvalue weighted by molar-refractivity contribution is 14.1. The van der Waals surface area contributed by atoms with Crippen LogP contribution in [-0.4, -0.2) is 37.0 Å². The van der Waals surface area contributed by atoms with Gasteiger partial charge in [0.05, 0.1) is 7.11 Å². The molecule has 1 aliphatic rings. The lowest BCUT2D eigenvalue weighted by Crippen LogP contribution is -2.39. The number of benzene rings is 1. The van der Waals surface area contributed by atoms with Gasteiger partial charge in [0.1, 0.15) is 11.8 Å². The summed E-state index contributed by atoms with van der Waals surface area (Å²) < 4.78 is 11.1. The zero-order valence-electron chi connectivity index (χ0n) is 16.3. The first-order valence-electron chi connectivity index (χ1n) is 8.88. The van der Waals surface area contributed by atoms with Gasteiger partial charge in [-0.15, -0.1) is 0 Å². The van der Waals surface area contributed by atoms with Crippen molar-refractivity contribution in [2.45, 2.75) is 37.7 Å². The van der Waals surface area contributed by atoms with E-state index < -0.39 is 6.04 Å². The molecule has 0 aromatic heterocycles. The van der Waals surface area contributed by atoms with Crippen molar-refractivity contribution in [3.8, 4) is 0 Å². The number of halogens is 1. The van der Waals surface area contributed by atoms with E-state index in [1.807, 2.05) is 24.3 Å². The van der Waals surface area contributed by atoms with Gasteiger partial charge in [0, 0.05) is 24.4 Å². The van der Waals surface area contributed by atoms with Crippen LogP contribution >= 0.6 is 22.6 Å². The number of carbonyl (C=O) groups is 2. The SMILES string of the molecule is COC(=O)[C@H](c1ccccc1CI)N1CCC(C)=C(/C=C(\C)OC(C)=O)C1. The number of alkyl halides is 1. The zero-order valence-corrected chi connectivity index (χ0v) is 18.4. The summed E-state index contributed by atoms with van der Waals surface area (Å²) >= 11 is 2.32. The molecule has 0 saturated carbocycles. The van der Waals surface area contributed by atoms with Crippen molar-refractivity contribution in [1.29, 1.82) is 0 Å². The Hall–Kier alpha value is -1.67. The molecule has 0 amide bonds. The summed E-state index contributed by atoms with van der Waals surface area (Å²) in [7, 11) is 1.43. The third-order valence-electron chi connectivity index (χ3n) is 4.66. The van der Waals surface area contributed by atoms with Gasteiger partial charge in [0.15, 0.2) is 0 Å². The number of rotatable bonds is 6. The molecule has 0 unspecified atom stereocenters. The largest absolute Gasteiger partial charge is 0.468 e. The van der Waals surface area contributed by atoms with Gasteiger partial charge < -0.3 is 9.47 Å². The third kappa shape index (κ3) is 5.65. The van der Waals surface area contributed by atoms with Gasteiger partial charge in [-0.2, -0.15) is 0 Å². The van der Waals surface area contributed by atoms with Gasteiger partial charge in [0.25, 0.3) is 0 Å². The average molecular weight is 483 g/mol. The van der Waals surface area contributed by atoms with Crippen LogP contribution in [0, 0.1) is 0 Å². The highest BCUT2D eigenvalue weighted by Crippen LogP contribution is 2.31. The van der Waals surface area contributed by atoms with Gasteiger partial charge in [-0.05, 0) is 43.0 Å². The Bertz CT molecular complexity index is 769. The first-order valence-corrected chi connectivity index (χ1v) is 10.4. The molecule has 5 nitrogen and oxygen atoms in total. The normalized spacial score (nSPS) is 16.9. The minimum atomic E-state index is -0.452. The van der Waals surface area contributed by atoms with E-state index in [1.54, 1.807) is 6.92 Å². The molecule has 1 atom stereocenters. The number of nitrogens with zero attached hydrogens (tertiary/aromatic N) is 1. The second-order valence-electron chi connectivity index (χ2n) is 6.63. The summed E-state index contributed by atoms with van der Waals surface area (Å²) in [5.74, 6) is -0.0362. The fourth-order valence-corrected chi connectivity index (χ4v) is 4.00. The summed E-state index contributed by atoms with van der Waals surface area (Å²) in [5.41, 5.74) is 4.43. The van der Waals surface area contributed by atoms with Crippen molar-refractivity contribution in [2.75, 3.05) is 20.2 Å². The van der Waals surface area contributed by atoms with Crippen LogP contribution in [0.4, 0.5) is 0 Å². The molecule has 0 spiro atoms. The maximum absolute atomic E-state index is 12.7.